The van der Waals surface area contributed by atoms with Crippen LogP contribution in [0.1, 0.15) is 38.5 Å². The minimum atomic E-state index is 0.306. The Morgan fingerprint density at radius 3 is 2.67 bits per heavy atom. The molecule has 104 valence electrons. The Morgan fingerprint density at radius 1 is 1.00 bits per heavy atom. The summed E-state index contributed by atoms with van der Waals surface area (Å²) in [5.41, 5.74) is 0. The molecule has 0 aromatic rings. The molecule has 2 N–H and O–H groups in total. The van der Waals surface area contributed by atoms with Crippen molar-refractivity contribution in [3.63, 3.8) is 0 Å². The largest absolute Gasteiger partial charge is 0.362 e. The average molecular weight is 253 g/mol. The van der Waals surface area contributed by atoms with Gasteiger partial charge in [-0.25, -0.2) is 0 Å². The van der Waals surface area contributed by atoms with E-state index in [0.717, 1.165) is 6.61 Å². The maximum absolute atomic E-state index is 5.99. The predicted octanol–water partition coefficient (Wildman–Crippen LogP) is 0.929. The first-order chi connectivity index (χ1) is 8.90. The van der Waals surface area contributed by atoms with Crippen LogP contribution in [0.15, 0.2) is 0 Å². The molecule has 4 nitrogen and oxygen atoms in total. The van der Waals surface area contributed by atoms with Crippen molar-refractivity contribution in [1.82, 2.24) is 15.5 Å². The fourth-order valence-electron chi connectivity index (χ4n) is 3.47. The molecule has 0 saturated carbocycles. The lowest BCUT2D eigenvalue weighted by atomic mass is 10.2. The molecule has 18 heavy (non-hydrogen) atoms. The van der Waals surface area contributed by atoms with E-state index in [1.54, 1.807) is 0 Å². The third-order valence-corrected chi connectivity index (χ3v) is 4.54. The van der Waals surface area contributed by atoms with Crippen molar-refractivity contribution >= 4 is 0 Å². The van der Waals surface area contributed by atoms with Gasteiger partial charge < -0.3 is 15.0 Å². The second-order valence-electron chi connectivity index (χ2n) is 6.06. The fraction of sp³-hybridized carbons (Fsp3) is 1.00. The first-order valence-corrected chi connectivity index (χ1v) is 7.73. The standard InChI is InChI=1S/C14H27N3O/c1-2-9-17(8-1)10-12-5-6-14(16-12)18-11-13-4-3-7-15-13/h12-16H,1-11H2/t12-,13-,14?/m0/s1. The van der Waals surface area contributed by atoms with Crippen LogP contribution in [0.25, 0.3) is 0 Å². The van der Waals surface area contributed by atoms with Crippen LogP contribution in [0.5, 0.6) is 0 Å². The van der Waals surface area contributed by atoms with E-state index in [-0.39, 0.29) is 0 Å². The van der Waals surface area contributed by atoms with E-state index in [2.05, 4.69) is 15.5 Å². The van der Waals surface area contributed by atoms with Gasteiger partial charge in [0.15, 0.2) is 0 Å². The van der Waals surface area contributed by atoms with E-state index >= 15 is 0 Å². The van der Waals surface area contributed by atoms with Gasteiger partial charge in [0.25, 0.3) is 0 Å². The third kappa shape index (κ3) is 3.44. The van der Waals surface area contributed by atoms with Gasteiger partial charge in [-0.3, -0.25) is 5.32 Å². The molecular weight excluding hydrogens is 226 g/mol. The van der Waals surface area contributed by atoms with Gasteiger partial charge in [0.05, 0.1) is 6.61 Å². The third-order valence-electron chi connectivity index (χ3n) is 4.54. The zero-order valence-corrected chi connectivity index (χ0v) is 11.4. The summed E-state index contributed by atoms with van der Waals surface area (Å²) in [5, 5.41) is 7.14. The van der Waals surface area contributed by atoms with Crippen molar-refractivity contribution in [2.45, 2.75) is 56.8 Å². The molecule has 4 heteroatoms. The van der Waals surface area contributed by atoms with Crippen LogP contribution >= 0.6 is 0 Å². The van der Waals surface area contributed by atoms with E-state index < -0.39 is 0 Å². The van der Waals surface area contributed by atoms with Crippen LogP contribution in [0.2, 0.25) is 0 Å². The first-order valence-electron chi connectivity index (χ1n) is 7.73. The maximum atomic E-state index is 5.99. The number of nitrogens with one attached hydrogen (secondary N) is 2. The van der Waals surface area contributed by atoms with Crippen molar-refractivity contribution < 1.29 is 4.74 Å². The van der Waals surface area contributed by atoms with Crippen LogP contribution < -0.4 is 10.6 Å². The quantitative estimate of drug-likeness (QED) is 0.764. The van der Waals surface area contributed by atoms with Crippen molar-refractivity contribution in [2.75, 3.05) is 32.8 Å². The van der Waals surface area contributed by atoms with Crippen molar-refractivity contribution in [3.8, 4) is 0 Å². The molecule has 0 aromatic carbocycles. The van der Waals surface area contributed by atoms with Gasteiger partial charge in [0, 0.05) is 18.6 Å². The van der Waals surface area contributed by atoms with Gasteiger partial charge in [-0.1, -0.05) is 0 Å². The highest BCUT2D eigenvalue weighted by Crippen LogP contribution is 2.17. The fourth-order valence-corrected chi connectivity index (χ4v) is 3.47. The van der Waals surface area contributed by atoms with E-state index in [1.807, 2.05) is 0 Å². The van der Waals surface area contributed by atoms with Gasteiger partial charge in [0.2, 0.25) is 0 Å². The Balaban J connectivity index is 1.33. The lowest BCUT2D eigenvalue weighted by molar-refractivity contribution is 0.0282. The number of hydrogen-bond donors (Lipinski definition) is 2. The first kappa shape index (κ1) is 12.9. The summed E-state index contributed by atoms with van der Waals surface area (Å²) in [6.45, 7) is 5.88. The Morgan fingerprint density at radius 2 is 1.89 bits per heavy atom. The second-order valence-corrected chi connectivity index (χ2v) is 6.06. The van der Waals surface area contributed by atoms with Crippen LogP contribution in [0.4, 0.5) is 0 Å². The summed E-state index contributed by atoms with van der Waals surface area (Å²) in [6.07, 6.45) is 8.14. The molecule has 0 aliphatic carbocycles. The van der Waals surface area contributed by atoms with Crippen LogP contribution in [-0.4, -0.2) is 56.0 Å². The number of rotatable bonds is 5. The molecule has 3 aliphatic rings. The van der Waals surface area contributed by atoms with Crippen LogP contribution in [0, 0.1) is 0 Å². The molecule has 0 radical (unpaired) electrons. The van der Waals surface area contributed by atoms with Crippen molar-refractivity contribution in [1.29, 1.82) is 0 Å². The molecule has 3 atom stereocenters. The monoisotopic (exact) mass is 253 g/mol. The zero-order chi connectivity index (χ0) is 12.2. The summed E-state index contributed by atoms with van der Waals surface area (Å²) in [6, 6.07) is 1.26. The Bertz CT molecular complexity index is 249. The molecule has 1 unspecified atom stereocenters. The Hall–Kier alpha value is -0.160. The lowest BCUT2D eigenvalue weighted by Crippen LogP contribution is -2.40. The summed E-state index contributed by atoms with van der Waals surface area (Å²) < 4.78 is 5.99. The molecule has 0 amide bonds. The van der Waals surface area contributed by atoms with Gasteiger partial charge in [0.1, 0.15) is 6.23 Å². The number of likely N-dealkylation sites (tertiary alicyclic amines) is 1. The Labute approximate surface area is 110 Å². The number of ether oxygens (including phenoxy) is 1. The smallest absolute Gasteiger partial charge is 0.108 e. The molecule has 3 heterocycles. The molecule has 3 fully saturated rings. The SMILES string of the molecule is C1CN[C@H](COC2CC[C@@H](CN3CCCC3)N2)C1. The number of hydrogen-bond acceptors (Lipinski definition) is 4. The van der Waals surface area contributed by atoms with Gasteiger partial charge >= 0.3 is 0 Å². The van der Waals surface area contributed by atoms with Crippen LogP contribution in [-0.2, 0) is 4.74 Å². The maximum Gasteiger partial charge on any atom is 0.108 e. The number of nitrogens with zero attached hydrogens (tertiary/aromatic N) is 1. The minimum Gasteiger partial charge on any atom is -0.362 e. The molecule has 3 saturated heterocycles. The molecule has 0 bridgehead atoms. The summed E-state index contributed by atoms with van der Waals surface area (Å²) >= 11 is 0. The second kappa shape index (κ2) is 6.33. The predicted molar refractivity (Wildman–Crippen MR) is 72.6 cm³/mol. The van der Waals surface area contributed by atoms with Gasteiger partial charge in [-0.05, 0) is 58.2 Å². The van der Waals surface area contributed by atoms with Crippen LogP contribution in [0.3, 0.4) is 0 Å². The van der Waals surface area contributed by atoms with Crippen molar-refractivity contribution in [2.24, 2.45) is 0 Å². The van der Waals surface area contributed by atoms with Gasteiger partial charge in [-0.2, -0.15) is 0 Å². The molecule has 0 spiro atoms. The normalized spacial score (nSPS) is 37.7. The topological polar surface area (TPSA) is 36.5 Å². The Kier molecular flexibility index (Phi) is 4.52. The van der Waals surface area contributed by atoms with E-state index in [4.69, 9.17) is 4.74 Å². The average Bonchev–Trinajstić information content (AvgIpc) is 3.09. The summed E-state index contributed by atoms with van der Waals surface area (Å²) in [5.74, 6) is 0. The molecule has 3 rings (SSSR count). The van der Waals surface area contributed by atoms with E-state index in [1.165, 1.54) is 64.7 Å². The molecule has 3 aliphatic heterocycles. The molecular formula is C14H27N3O. The zero-order valence-electron chi connectivity index (χ0n) is 11.4. The highest BCUT2D eigenvalue weighted by Gasteiger charge is 2.27. The van der Waals surface area contributed by atoms with E-state index in [0.29, 0.717) is 18.3 Å². The highest BCUT2D eigenvalue weighted by atomic mass is 16.5. The minimum absolute atomic E-state index is 0.306. The molecule has 0 aromatic heterocycles. The van der Waals surface area contributed by atoms with E-state index in [9.17, 15) is 0 Å². The lowest BCUT2D eigenvalue weighted by Gasteiger charge is -2.21. The highest BCUT2D eigenvalue weighted by molar-refractivity contribution is 4.83. The summed E-state index contributed by atoms with van der Waals surface area (Å²) in [7, 11) is 0. The van der Waals surface area contributed by atoms with Crippen molar-refractivity contribution in [3.05, 3.63) is 0 Å². The van der Waals surface area contributed by atoms with Gasteiger partial charge in [-0.15, -0.1) is 0 Å². The summed E-state index contributed by atoms with van der Waals surface area (Å²) in [4.78, 5) is 2.60.